The van der Waals surface area contributed by atoms with Crippen molar-refractivity contribution >= 4 is 35.0 Å². The summed E-state index contributed by atoms with van der Waals surface area (Å²) in [7, 11) is 1.82. The van der Waals surface area contributed by atoms with Gasteiger partial charge in [0.2, 0.25) is 12.0 Å². The highest BCUT2D eigenvalue weighted by atomic mass is 32.2. The van der Waals surface area contributed by atoms with Crippen molar-refractivity contribution in [2.24, 2.45) is 27.9 Å². The van der Waals surface area contributed by atoms with E-state index in [9.17, 15) is 9.59 Å². The summed E-state index contributed by atoms with van der Waals surface area (Å²) in [5.74, 6) is 1.99. The van der Waals surface area contributed by atoms with Crippen LogP contribution in [0.5, 0.6) is 0 Å². The SMILES string of the molecule is CC[C@H](CCN(C)C(=O)C1CC=NO1)CC1(C)SC(=N[C@H]2C[C@@H]3CCC2C3)NC1=O. The third-order valence-corrected chi connectivity index (χ3v) is 8.57. The maximum absolute atomic E-state index is 12.8. The summed E-state index contributed by atoms with van der Waals surface area (Å²) in [5, 5.41) is 7.57. The molecule has 3 fully saturated rings. The Bertz CT molecular complexity index is 734. The molecule has 0 aromatic carbocycles. The molecule has 3 unspecified atom stereocenters. The third kappa shape index (κ3) is 4.53. The summed E-state index contributed by atoms with van der Waals surface area (Å²) in [6.07, 6.45) is 9.51. The van der Waals surface area contributed by atoms with Crippen molar-refractivity contribution < 1.29 is 14.4 Å². The second-order valence-corrected chi connectivity index (χ2v) is 11.1. The van der Waals surface area contributed by atoms with Gasteiger partial charge in [-0.15, -0.1) is 0 Å². The number of fused-ring (bicyclic) bond motifs is 2. The Hall–Kier alpha value is -1.57. The van der Waals surface area contributed by atoms with E-state index in [1.807, 2.05) is 14.0 Å². The number of amidine groups is 1. The van der Waals surface area contributed by atoms with Crippen molar-refractivity contribution in [1.29, 1.82) is 0 Å². The minimum atomic E-state index is -0.484. The molecule has 2 heterocycles. The van der Waals surface area contributed by atoms with Gasteiger partial charge in [0, 0.05) is 26.2 Å². The second kappa shape index (κ2) is 8.89. The first-order valence-electron chi connectivity index (χ1n) is 11.4. The Morgan fingerprint density at radius 3 is 2.93 bits per heavy atom. The van der Waals surface area contributed by atoms with E-state index >= 15 is 0 Å². The van der Waals surface area contributed by atoms with Crippen LogP contribution in [0.4, 0.5) is 0 Å². The van der Waals surface area contributed by atoms with E-state index in [2.05, 4.69) is 17.4 Å². The minimum absolute atomic E-state index is 0.0261. The number of hydrogen-bond donors (Lipinski definition) is 1. The predicted molar refractivity (Wildman–Crippen MR) is 119 cm³/mol. The molecule has 166 valence electrons. The molecule has 7 nitrogen and oxygen atoms in total. The number of rotatable bonds is 8. The molecular weight excluding hydrogens is 400 g/mol. The molecule has 2 bridgehead atoms. The van der Waals surface area contributed by atoms with Crippen LogP contribution in [0.1, 0.15) is 65.2 Å². The Morgan fingerprint density at radius 1 is 1.47 bits per heavy atom. The van der Waals surface area contributed by atoms with Gasteiger partial charge in [-0.3, -0.25) is 14.6 Å². The molecule has 0 radical (unpaired) electrons. The van der Waals surface area contributed by atoms with E-state index in [0.29, 0.717) is 24.9 Å². The molecule has 8 heteroatoms. The van der Waals surface area contributed by atoms with Gasteiger partial charge in [0.05, 0.1) is 10.8 Å². The zero-order chi connectivity index (χ0) is 21.3. The maximum Gasteiger partial charge on any atom is 0.266 e. The quantitative estimate of drug-likeness (QED) is 0.636. The summed E-state index contributed by atoms with van der Waals surface area (Å²) in [4.78, 5) is 37.0. The van der Waals surface area contributed by atoms with E-state index in [4.69, 9.17) is 9.83 Å². The molecule has 2 saturated carbocycles. The second-order valence-electron chi connectivity index (χ2n) is 9.61. The summed E-state index contributed by atoms with van der Waals surface area (Å²) in [6.45, 7) is 4.86. The molecule has 2 amide bonds. The molecule has 4 rings (SSSR count). The molecular formula is C22H34N4O3S. The first-order valence-corrected chi connectivity index (χ1v) is 12.2. The van der Waals surface area contributed by atoms with Crippen LogP contribution in [-0.4, -0.2) is 58.6 Å². The lowest BCUT2D eigenvalue weighted by molar-refractivity contribution is -0.140. The lowest BCUT2D eigenvalue weighted by atomic mass is 9.89. The van der Waals surface area contributed by atoms with Gasteiger partial charge >= 0.3 is 0 Å². The number of oxime groups is 1. The van der Waals surface area contributed by atoms with Gasteiger partial charge in [-0.25, -0.2) is 0 Å². The largest absolute Gasteiger partial charge is 0.382 e. The van der Waals surface area contributed by atoms with Crippen LogP contribution in [-0.2, 0) is 14.4 Å². The van der Waals surface area contributed by atoms with Gasteiger partial charge in [-0.2, -0.15) is 0 Å². The lowest BCUT2D eigenvalue weighted by Crippen LogP contribution is -2.39. The summed E-state index contributed by atoms with van der Waals surface area (Å²) < 4.78 is -0.484. The predicted octanol–water partition coefficient (Wildman–Crippen LogP) is 3.19. The van der Waals surface area contributed by atoms with Gasteiger partial charge in [-0.1, -0.05) is 36.7 Å². The number of carbonyl (C=O) groups excluding carboxylic acids is 2. The molecule has 2 aliphatic carbocycles. The number of aliphatic imine (C=N–C) groups is 1. The highest BCUT2D eigenvalue weighted by Crippen LogP contribution is 2.47. The topological polar surface area (TPSA) is 83.4 Å². The van der Waals surface area contributed by atoms with Gasteiger partial charge in [0.25, 0.3) is 5.91 Å². The van der Waals surface area contributed by atoms with Gasteiger partial charge in [0.15, 0.2) is 5.17 Å². The van der Waals surface area contributed by atoms with Crippen LogP contribution >= 0.6 is 11.8 Å². The van der Waals surface area contributed by atoms with Crippen LogP contribution < -0.4 is 5.32 Å². The number of nitrogens with zero attached hydrogens (tertiary/aromatic N) is 3. The number of thioether (sulfide) groups is 1. The minimum Gasteiger partial charge on any atom is -0.382 e. The average molecular weight is 435 g/mol. The zero-order valence-corrected chi connectivity index (χ0v) is 19.1. The fraction of sp³-hybridized carbons (Fsp3) is 0.818. The van der Waals surface area contributed by atoms with Crippen LogP contribution in [0.25, 0.3) is 0 Å². The molecule has 4 aliphatic rings. The molecule has 2 aliphatic heterocycles. The Balaban J connectivity index is 1.30. The molecule has 1 N–H and O–H groups in total. The summed E-state index contributed by atoms with van der Waals surface area (Å²) in [6, 6.07) is 0.400. The van der Waals surface area contributed by atoms with E-state index < -0.39 is 10.9 Å². The van der Waals surface area contributed by atoms with Crippen molar-refractivity contribution in [1.82, 2.24) is 10.2 Å². The van der Waals surface area contributed by atoms with Crippen LogP contribution in [0.3, 0.4) is 0 Å². The average Bonchev–Trinajstić information content (AvgIpc) is 3.51. The Kier molecular flexibility index (Phi) is 6.42. The van der Waals surface area contributed by atoms with E-state index in [0.717, 1.165) is 36.3 Å². The highest BCUT2D eigenvalue weighted by Gasteiger charge is 2.45. The van der Waals surface area contributed by atoms with Crippen molar-refractivity contribution in [3.8, 4) is 0 Å². The normalized spacial score (nSPS) is 36.9. The zero-order valence-electron chi connectivity index (χ0n) is 18.3. The van der Waals surface area contributed by atoms with E-state index in [-0.39, 0.29) is 11.8 Å². The van der Waals surface area contributed by atoms with Gasteiger partial charge in [-0.05, 0) is 56.8 Å². The summed E-state index contributed by atoms with van der Waals surface area (Å²) >= 11 is 1.61. The van der Waals surface area contributed by atoms with Gasteiger partial charge in [0.1, 0.15) is 0 Å². The van der Waals surface area contributed by atoms with Crippen LogP contribution in [0.2, 0.25) is 0 Å². The van der Waals surface area contributed by atoms with Crippen molar-refractivity contribution in [2.45, 2.75) is 82.1 Å². The number of hydrogen-bond acceptors (Lipinski definition) is 6. The lowest BCUT2D eigenvalue weighted by Gasteiger charge is -2.27. The highest BCUT2D eigenvalue weighted by molar-refractivity contribution is 8.16. The van der Waals surface area contributed by atoms with E-state index in [1.54, 1.807) is 22.9 Å². The maximum atomic E-state index is 12.8. The van der Waals surface area contributed by atoms with Crippen LogP contribution in [0, 0.1) is 17.8 Å². The molecule has 1 saturated heterocycles. The Labute approximate surface area is 183 Å². The first-order chi connectivity index (χ1) is 14.4. The molecule has 30 heavy (non-hydrogen) atoms. The first kappa shape index (κ1) is 21.7. The number of nitrogens with one attached hydrogen (secondary N) is 1. The Morgan fingerprint density at radius 2 is 2.30 bits per heavy atom. The number of carbonyl (C=O) groups is 2. The molecule has 0 aromatic rings. The third-order valence-electron chi connectivity index (χ3n) is 7.37. The standard InChI is InChI=1S/C22H34N4O3S/c1-4-14(8-10-26(3)19(27)18-7-9-23-29-18)13-22(2)20(28)25-21(30-22)24-17-12-15-5-6-16(17)11-15/h9,14-18H,4-8,10-13H2,1-3H3,(H,24,25,28)/t14-,15-,16?,17+,18?,22?/m1/s1. The number of likely N-dealkylation sites (N-methyl/N-ethyl adjacent to an activating group) is 1. The summed E-state index contributed by atoms with van der Waals surface area (Å²) in [5.41, 5.74) is 0. The number of amides is 2. The van der Waals surface area contributed by atoms with E-state index in [1.165, 1.54) is 25.7 Å². The molecule has 0 aromatic heterocycles. The fourth-order valence-corrected chi connectivity index (χ4v) is 6.63. The monoisotopic (exact) mass is 434 g/mol. The fourth-order valence-electron chi connectivity index (χ4n) is 5.41. The molecule has 6 atom stereocenters. The van der Waals surface area contributed by atoms with Crippen molar-refractivity contribution in [3.05, 3.63) is 0 Å². The van der Waals surface area contributed by atoms with Crippen molar-refractivity contribution in [3.63, 3.8) is 0 Å². The van der Waals surface area contributed by atoms with Gasteiger partial charge < -0.3 is 15.1 Å². The van der Waals surface area contributed by atoms with Crippen molar-refractivity contribution in [2.75, 3.05) is 13.6 Å². The smallest absolute Gasteiger partial charge is 0.266 e. The van der Waals surface area contributed by atoms with Crippen LogP contribution in [0.15, 0.2) is 10.1 Å². The molecule has 0 spiro atoms.